The summed E-state index contributed by atoms with van der Waals surface area (Å²) in [6, 6.07) is 0. The van der Waals surface area contributed by atoms with E-state index in [1.54, 1.807) is 6.92 Å². The summed E-state index contributed by atoms with van der Waals surface area (Å²) in [5, 5.41) is 18.5. The van der Waals surface area contributed by atoms with Gasteiger partial charge >= 0.3 is 17.9 Å². The Morgan fingerprint density at radius 3 is 2.04 bits per heavy atom. The van der Waals surface area contributed by atoms with Crippen LogP contribution < -0.4 is 0 Å². The SMILES string of the molecule is CCCCOC(=O)C(CC=C(C)C(=O)O)=C(C)C(CCN(C)C)=C(C)C(=O)O. The highest BCUT2D eigenvalue weighted by Crippen LogP contribution is 2.25. The van der Waals surface area contributed by atoms with E-state index in [2.05, 4.69) is 0 Å². The summed E-state index contributed by atoms with van der Waals surface area (Å²) in [6.45, 7) is 7.50. The highest BCUT2D eigenvalue weighted by atomic mass is 16.5. The number of carboxylic acid groups (broad SMARTS) is 2. The van der Waals surface area contributed by atoms with E-state index in [1.807, 2.05) is 25.9 Å². The molecule has 0 fully saturated rings. The van der Waals surface area contributed by atoms with Crippen LogP contribution in [0.5, 0.6) is 0 Å². The molecular weight excluding hydrogens is 362 g/mol. The van der Waals surface area contributed by atoms with E-state index in [0.29, 0.717) is 24.1 Å². The minimum Gasteiger partial charge on any atom is -0.478 e. The Kier molecular flexibility index (Phi) is 11.8. The molecular formula is C21H33NO6. The Labute approximate surface area is 167 Å². The third kappa shape index (κ3) is 8.99. The van der Waals surface area contributed by atoms with Crippen molar-refractivity contribution in [2.24, 2.45) is 0 Å². The maximum atomic E-state index is 12.6. The smallest absolute Gasteiger partial charge is 0.334 e. The highest BCUT2D eigenvalue weighted by molar-refractivity contribution is 5.93. The van der Waals surface area contributed by atoms with E-state index in [4.69, 9.17) is 9.84 Å². The van der Waals surface area contributed by atoms with Crippen molar-refractivity contribution in [3.8, 4) is 0 Å². The largest absolute Gasteiger partial charge is 0.478 e. The van der Waals surface area contributed by atoms with Crippen molar-refractivity contribution in [1.82, 2.24) is 4.90 Å². The molecule has 0 saturated carbocycles. The maximum Gasteiger partial charge on any atom is 0.334 e. The van der Waals surface area contributed by atoms with E-state index in [9.17, 15) is 19.5 Å². The molecule has 7 heteroatoms. The van der Waals surface area contributed by atoms with Gasteiger partial charge in [-0.15, -0.1) is 0 Å². The number of carboxylic acids is 2. The average Bonchev–Trinajstić information content (AvgIpc) is 2.61. The first-order valence-corrected chi connectivity index (χ1v) is 9.37. The van der Waals surface area contributed by atoms with E-state index >= 15 is 0 Å². The van der Waals surface area contributed by atoms with Crippen LogP contribution in [0, 0.1) is 0 Å². The first kappa shape index (κ1) is 25.6. The molecule has 0 aliphatic carbocycles. The fourth-order valence-corrected chi connectivity index (χ4v) is 2.43. The molecule has 0 aromatic carbocycles. The topological polar surface area (TPSA) is 104 Å². The normalized spacial score (nSPS) is 13.8. The molecule has 7 nitrogen and oxygen atoms in total. The van der Waals surface area contributed by atoms with E-state index in [-0.39, 0.29) is 29.7 Å². The predicted molar refractivity (Wildman–Crippen MR) is 108 cm³/mol. The van der Waals surface area contributed by atoms with Gasteiger partial charge in [0, 0.05) is 23.3 Å². The summed E-state index contributed by atoms with van der Waals surface area (Å²) < 4.78 is 5.32. The monoisotopic (exact) mass is 395 g/mol. The summed E-state index contributed by atoms with van der Waals surface area (Å²) in [6.07, 6.45) is 3.55. The van der Waals surface area contributed by atoms with Gasteiger partial charge in [-0.2, -0.15) is 0 Å². The molecule has 0 saturated heterocycles. The molecule has 0 aliphatic rings. The fraction of sp³-hybridized carbons (Fsp3) is 0.571. The van der Waals surface area contributed by atoms with Crippen LogP contribution in [0.25, 0.3) is 0 Å². The zero-order valence-corrected chi connectivity index (χ0v) is 17.8. The number of hydrogen-bond donors (Lipinski definition) is 2. The van der Waals surface area contributed by atoms with Crippen molar-refractivity contribution >= 4 is 17.9 Å². The molecule has 0 bridgehead atoms. The Balaban J connectivity index is 6.15. The molecule has 0 aromatic heterocycles. The zero-order valence-electron chi connectivity index (χ0n) is 17.8. The lowest BCUT2D eigenvalue weighted by molar-refractivity contribution is -0.139. The molecule has 158 valence electrons. The van der Waals surface area contributed by atoms with E-state index in [1.165, 1.54) is 19.9 Å². The van der Waals surface area contributed by atoms with Gasteiger partial charge in [0.05, 0.1) is 6.61 Å². The van der Waals surface area contributed by atoms with Gasteiger partial charge in [-0.3, -0.25) is 0 Å². The Morgan fingerprint density at radius 2 is 1.57 bits per heavy atom. The lowest BCUT2D eigenvalue weighted by Crippen LogP contribution is -2.17. The van der Waals surface area contributed by atoms with E-state index < -0.39 is 17.9 Å². The number of carbonyl (C=O) groups excluding carboxylic acids is 1. The summed E-state index contributed by atoms with van der Waals surface area (Å²) >= 11 is 0. The second-order valence-corrected chi connectivity index (χ2v) is 6.95. The standard InChI is InChI=1S/C21H33NO6/c1-7-8-13-28-21(27)18(10-9-14(2)19(23)24)15(3)17(11-12-22(5)6)16(4)20(25)26/h9H,7-8,10-13H2,1-6H3,(H,23,24)(H,25,26). The number of esters is 1. The number of rotatable bonds is 12. The van der Waals surface area contributed by atoms with Gasteiger partial charge in [-0.25, -0.2) is 14.4 Å². The summed E-state index contributed by atoms with van der Waals surface area (Å²) in [5.41, 5.74) is 1.64. The second-order valence-electron chi connectivity index (χ2n) is 6.95. The maximum absolute atomic E-state index is 12.6. The predicted octanol–water partition coefficient (Wildman–Crippen LogP) is 3.42. The number of ether oxygens (including phenoxy) is 1. The highest BCUT2D eigenvalue weighted by Gasteiger charge is 2.20. The van der Waals surface area contributed by atoms with Gasteiger partial charge in [0.2, 0.25) is 0 Å². The number of carbonyl (C=O) groups is 3. The van der Waals surface area contributed by atoms with Crippen molar-refractivity contribution in [3.63, 3.8) is 0 Å². The van der Waals surface area contributed by atoms with Gasteiger partial charge < -0.3 is 19.8 Å². The molecule has 0 unspecified atom stereocenters. The lowest BCUT2D eigenvalue weighted by atomic mass is 9.92. The van der Waals surface area contributed by atoms with Crippen LogP contribution in [0.3, 0.4) is 0 Å². The Hall–Kier alpha value is -2.41. The van der Waals surface area contributed by atoms with Crippen LogP contribution in [0.4, 0.5) is 0 Å². The van der Waals surface area contributed by atoms with Crippen molar-refractivity contribution < 1.29 is 29.3 Å². The average molecular weight is 395 g/mol. The van der Waals surface area contributed by atoms with E-state index in [0.717, 1.165) is 12.8 Å². The van der Waals surface area contributed by atoms with Crippen molar-refractivity contribution in [3.05, 3.63) is 33.9 Å². The van der Waals surface area contributed by atoms with Gasteiger partial charge in [0.15, 0.2) is 0 Å². The lowest BCUT2D eigenvalue weighted by Gasteiger charge is -2.18. The van der Waals surface area contributed by atoms with Crippen molar-refractivity contribution in [1.29, 1.82) is 0 Å². The minimum atomic E-state index is -1.07. The first-order chi connectivity index (χ1) is 13.0. The summed E-state index contributed by atoms with van der Waals surface area (Å²) in [4.78, 5) is 37.2. The van der Waals surface area contributed by atoms with Gasteiger partial charge in [-0.05, 0) is 65.3 Å². The van der Waals surface area contributed by atoms with Gasteiger partial charge in [0.25, 0.3) is 0 Å². The van der Waals surface area contributed by atoms with Gasteiger partial charge in [0.1, 0.15) is 0 Å². The minimum absolute atomic E-state index is 0.0628. The number of aliphatic carboxylic acids is 2. The second kappa shape index (κ2) is 12.9. The number of unbranched alkanes of at least 4 members (excludes halogenated alkanes) is 1. The molecule has 0 spiro atoms. The van der Waals surface area contributed by atoms with Crippen molar-refractivity contribution in [2.45, 2.75) is 53.4 Å². The number of nitrogens with zero attached hydrogens (tertiary/aromatic N) is 1. The number of allylic oxidation sites excluding steroid dienone is 2. The zero-order chi connectivity index (χ0) is 21.9. The van der Waals surface area contributed by atoms with Crippen molar-refractivity contribution in [2.75, 3.05) is 27.2 Å². The molecule has 0 radical (unpaired) electrons. The van der Waals surface area contributed by atoms with Crippen LogP contribution in [0.2, 0.25) is 0 Å². The first-order valence-electron chi connectivity index (χ1n) is 9.37. The van der Waals surface area contributed by atoms with Crippen LogP contribution in [0.15, 0.2) is 33.9 Å². The third-order valence-corrected chi connectivity index (χ3v) is 4.41. The molecule has 28 heavy (non-hydrogen) atoms. The fourth-order valence-electron chi connectivity index (χ4n) is 2.43. The number of hydrogen-bond acceptors (Lipinski definition) is 5. The van der Waals surface area contributed by atoms with Crippen LogP contribution in [-0.4, -0.2) is 60.3 Å². The molecule has 0 amide bonds. The van der Waals surface area contributed by atoms with Crippen LogP contribution in [0.1, 0.15) is 53.4 Å². The molecule has 0 aliphatic heterocycles. The Morgan fingerprint density at radius 1 is 0.964 bits per heavy atom. The third-order valence-electron chi connectivity index (χ3n) is 4.41. The van der Waals surface area contributed by atoms with Crippen LogP contribution in [-0.2, 0) is 19.1 Å². The molecule has 2 N–H and O–H groups in total. The molecule has 0 atom stereocenters. The quantitative estimate of drug-likeness (QED) is 0.226. The summed E-state index contributed by atoms with van der Waals surface area (Å²) in [7, 11) is 3.76. The van der Waals surface area contributed by atoms with Crippen LogP contribution >= 0.6 is 0 Å². The molecule has 0 heterocycles. The molecule has 0 rings (SSSR count). The van der Waals surface area contributed by atoms with Gasteiger partial charge in [-0.1, -0.05) is 19.4 Å². The molecule has 0 aromatic rings. The Bertz CT molecular complexity index is 670. The summed E-state index contributed by atoms with van der Waals surface area (Å²) in [5.74, 6) is -2.66.